The molecule has 0 heterocycles. The van der Waals surface area contributed by atoms with Crippen molar-refractivity contribution in [3.63, 3.8) is 0 Å². The predicted molar refractivity (Wildman–Crippen MR) is 60.3 cm³/mol. The summed E-state index contributed by atoms with van der Waals surface area (Å²) in [5, 5.41) is 4.20. The monoisotopic (exact) mass is 210 g/mol. The van der Waals surface area contributed by atoms with Crippen LogP contribution in [0.4, 0.5) is 5.69 Å². The minimum Gasteiger partial charge on any atom is -0.399 e. The van der Waals surface area contributed by atoms with Crippen molar-refractivity contribution in [1.82, 2.24) is 5.32 Å². The summed E-state index contributed by atoms with van der Waals surface area (Å²) in [4.78, 5) is 0. The third-order valence-electron chi connectivity index (χ3n) is 2.70. The highest BCUT2D eigenvalue weighted by molar-refractivity contribution is 6.30. The molecule has 0 saturated heterocycles. The van der Waals surface area contributed by atoms with Crippen molar-refractivity contribution in [2.75, 3.05) is 5.73 Å². The van der Waals surface area contributed by atoms with Gasteiger partial charge in [-0.3, -0.25) is 0 Å². The van der Waals surface area contributed by atoms with E-state index in [0.29, 0.717) is 10.6 Å². The zero-order valence-electron chi connectivity index (χ0n) is 8.31. The van der Waals surface area contributed by atoms with E-state index in [4.69, 9.17) is 17.3 Å². The lowest BCUT2D eigenvalue weighted by Gasteiger charge is -2.11. The zero-order valence-corrected chi connectivity index (χ0v) is 9.06. The Morgan fingerprint density at radius 3 is 2.71 bits per heavy atom. The number of nitrogens with two attached hydrogens (primary N) is 1. The molecule has 14 heavy (non-hydrogen) atoms. The van der Waals surface area contributed by atoms with Gasteiger partial charge in [0.2, 0.25) is 0 Å². The maximum atomic E-state index is 5.91. The molecule has 0 aromatic heterocycles. The number of halogens is 1. The minimum atomic E-state index is 0.358. The normalized spacial score (nSPS) is 18.1. The van der Waals surface area contributed by atoms with E-state index in [1.165, 1.54) is 12.8 Å². The second-order valence-corrected chi connectivity index (χ2v) is 4.74. The molecular weight excluding hydrogens is 196 g/mol. The van der Waals surface area contributed by atoms with Gasteiger partial charge in [-0.25, -0.2) is 0 Å². The van der Waals surface area contributed by atoms with Gasteiger partial charge in [0.1, 0.15) is 0 Å². The summed E-state index contributed by atoms with van der Waals surface area (Å²) in [6, 6.07) is 5.69. The third kappa shape index (κ3) is 2.40. The molecule has 1 aliphatic rings. The molecule has 0 spiro atoms. The van der Waals surface area contributed by atoms with Gasteiger partial charge >= 0.3 is 0 Å². The maximum absolute atomic E-state index is 5.91. The van der Waals surface area contributed by atoms with Crippen molar-refractivity contribution < 1.29 is 0 Å². The van der Waals surface area contributed by atoms with Crippen LogP contribution in [-0.2, 0) is 6.54 Å². The first-order valence-corrected chi connectivity index (χ1v) is 5.25. The second kappa shape index (κ2) is 3.44. The van der Waals surface area contributed by atoms with Crippen LogP contribution >= 0.6 is 11.6 Å². The fourth-order valence-electron chi connectivity index (χ4n) is 1.46. The molecule has 76 valence electrons. The molecule has 0 bridgehead atoms. The summed E-state index contributed by atoms with van der Waals surface area (Å²) in [6.07, 6.45) is 2.53. The van der Waals surface area contributed by atoms with E-state index in [1.54, 1.807) is 6.07 Å². The highest BCUT2D eigenvalue weighted by Gasteiger charge is 2.36. The van der Waals surface area contributed by atoms with Crippen molar-refractivity contribution in [2.24, 2.45) is 0 Å². The molecule has 1 aromatic rings. The second-order valence-electron chi connectivity index (χ2n) is 4.31. The Kier molecular flexibility index (Phi) is 2.41. The van der Waals surface area contributed by atoms with E-state index in [9.17, 15) is 0 Å². The number of rotatable bonds is 3. The number of hydrogen-bond donors (Lipinski definition) is 2. The van der Waals surface area contributed by atoms with Gasteiger partial charge in [-0.05, 0) is 43.5 Å². The van der Waals surface area contributed by atoms with E-state index in [1.807, 2.05) is 12.1 Å². The predicted octanol–water partition coefficient (Wildman–Crippen LogP) is 2.56. The summed E-state index contributed by atoms with van der Waals surface area (Å²) in [6.45, 7) is 3.09. The Morgan fingerprint density at radius 2 is 2.14 bits per heavy atom. The number of benzene rings is 1. The van der Waals surface area contributed by atoms with E-state index in [0.717, 1.165) is 17.8 Å². The van der Waals surface area contributed by atoms with E-state index < -0.39 is 0 Å². The molecule has 1 fully saturated rings. The van der Waals surface area contributed by atoms with Crippen LogP contribution in [0.1, 0.15) is 25.3 Å². The van der Waals surface area contributed by atoms with Crippen LogP contribution in [0, 0.1) is 0 Å². The van der Waals surface area contributed by atoms with Crippen molar-refractivity contribution >= 4 is 17.3 Å². The van der Waals surface area contributed by atoms with Gasteiger partial charge in [-0.1, -0.05) is 11.6 Å². The third-order valence-corrected chi connectivity index (χ3v) is 2.92. The van der Waals surface area contributed by atoms with Crippen LogP contribution in [0.15, 0.2) is 18.2 Å². The molecular formula is C11H15ClN2. The first kappa shape index (κ1) is 9.81. The summed E-state index contributed by atoms with van der Waals surface area (Å²) >= 11 is 5.91. The Hall–Kier alpha value is -0.730. The molecule has 0 radical (unpaired) electrons. The molecule has 1 saturated carbocycles. The first-order valence-electron chi connectivity index (χ1n) is 4.87. The fraction of sp³-hybridized carbons (Fsp3) is 0.455. The van der Waals surface area contributed by atoms with Crippen LogP contribution in [-0.4, -0.2) is 5.54 Å². The first-order chi connectivity index (χ1) is 6.57. The molecule has 0 atom stereocenters. The standard InChI is InChI=1S/C11H15ClN2/c1-11(2-3-11)14-7-8-4-9(12)6-10(13)5-8/h4-6,14H,2-3,7,13H2,1H3. The summed E-state index contributed by atoms with van der Waals surface area (Å²) in [7, 11) is 0. The number of nitrogen functional groups attached to an aromatic ring is 1. The largest absolute Gasteiger partial charge is 0.399 e. The number of hydrogen-bond acceptors (Lipinski definition) is 2. The molecule has 2 nitrogen and oxygen atoms in total. The molecule has 3 heteroatoms. The van der Waals surface area contributed by atoms with Crippen LogP contribution in [0.3, 0.4) is 0 Å². The van der Waals surface area contributed by atoms with Crippen molar-refractivity contribution in [3.05, 3.63) is 28.8 Å². The summed E-state index contributed by atoms with van der Waals surface area (Å²) in [5.74, 6) is 0. The lowest BCUT2D eigenvalue weighted by molar-refractivity contribution is 0.538. The highest BCUT2D eigenvalue weighted by atomic mass is 35.5. The van der Waals surface area contributed by atoms with Crippen LogP contribution in [0.5, 0.6) is 0 Å². The van der Waals surface area contributed by atoms with Crippen LogP contribution < -0.4 is 11.1 Å². The van der Waals surface area contributed by atoms with Gasteiger partial charge in [-0.2, -0.15) is 0 Å². The molecule has 3 N–H and O–H groups in total. The highest BCUT2D eigenvalue weighted by Crippen LogP contribution is 2.34. The topological polar surface area (TPSA) is 38.0 Å². The molecule has 0 unspecified atom stereocenters. The molecule has 2 rings (SSSR count). The van der Waals surface area contributed by atoms with E-state index in [2.05, 4.69) is 12.2 Å². The van der Waals surface area contributed by atoms with E-state index >= 15 is 0 Å². The maximum Gasteiger partial charge on any atom is 0.0429 e. The van der Waals surface area contributed by atoms with Crippen molar-refractivity contribution in [3.8, 4) is 0 Å². The Balaban J connectivity index is 2.01. The lowest BCUT2D eigenvalue weighted by Crippen LogP contribution is -2.26. The average molecular weight is 211 g/mol. The van der Waals surface area contributed by atoms with Gasteiger partial charge in [0.25, 0.3) is 0 Å². The van der Waals surface area contributed by atoms with Gasteiger partial charge in [-0.15, -0.1) is 0 Å². The molecule has 1 aliphatic carbocycles. The Labute approximate surface area is 89.4 Å². The number of nitrogens with one attached hydrogen (secondary N) is 1. The fourth-order valence-corrected chi connectivity index (χ4v) is 1.72. The van der Waals surface area contributed by atoms with Crippen molar-refractivity contribution in [1.29, 1.82) is 0 Å². The molecule has 1 aromatic carbocycles. The minimum absolute atomic E-state index is 0.358. The van der Waals surface area contributed by atoms with Crippen LogP contribution in [0.25, 0.3) is 0 Å². The van der Waals surface area contributed by atoms with Gasteiger partial charge in [0, 0.05) is 22.8 Å². The quantitative estimate of drug-likeness (QED) is 0.753. The molecule has 0 aliphatic heterocycles. The van der Waals surface area contributed by atoms with Gasteiger partial charge in [0.15, 0.2) is 0 Å². The average Bonchev–Trinajstić information content (AvgIpc) is 2.80. The van der Waals surface area contributed by atoms with Gasteiger partial charge in [0.05, 0.1) is 0 Å². The lowest BCUT2D eigenvalue weighted by atomic mass is 10.2. The zero-order chi connectivity index (χ0) is 10.2. The van der Waals surface area contributed by atoms with E-state index in [-0.39, 0.29) is 0 Å². The van der Waals surface area contributed by atoms with Crippen molar-refractivity contribution in [2.45, 2.75) is 31.8 Å². The SMILES string of the molecule is CC1(NCc2cc(N)cc(Cl)c2)CC1. The Bertz CT molecular complexity index is 325. The number of anilines is 1. The molecule has 0 amide bonds. The smallest absolute Gasteiger partial charge is 0.0429 e. The summed E-state index contributed by atoms with van der Waals surface area (Å²) < 4.78 is 0. The Morgan fingerprint density at radius 1 is 1.43 bits per heavy atom. The van der Waals surface area contributed by atoms with Gasteiger partial charge < -0.3 is 11.1 Å². The van der Waals surface area contributed by atoms with Crippen LogP contribution in [0.2, 0.25) is 5.02 Å². The summed E-state index contributed by atoms with van der Waals surface area (Å²) in [5.41, 5.74) is 7.95.